The Balaban J connectivity index is 2.37. The number of benzene rings is 2. The zero-order chi connectivity index (χ0) is 14.7. The molecule has 2 nitrogen and oxygen atoms in total. The average Bonchev–Trinajstić information content (AvgIpc) is 2.35. The molecule has 5 heteroatoms. The van der Waals surface area contributed by atoms with Crippen LogP contribution in [0.5, 0.6) is 11.5 Å². The number of hydrogen-bond donors (Lipinski definition) is 1. The molecule has 2 aromatic carbocycles. The zero-order valence-corrected chi connectivity index (χ0v) is 13.2. The van der Waals surface area contributed by atoms with Crippen LogP contribution in [0.1, 0.15) is 12.5 Å². The van der Waals surface area contributed by atoms with Gasteiger partial charge in [0, 0.05) is 11.1 Å². The number of hydrogen-bond acceptors (Lipinski definition) is 2. The van der Waals surface area contributed by atoms with Gasteiger partial charge in [0.15, 0.2) is 11.6 Å². The molecule has 0 saturated carbocycles. The quantitative estimate of drug-likeness (QED) is 0.841. The van der Waals surface area contributed by atoms with Gasteiger partial charge in [-0.05, 0) is 59.1 Å². The molecule has 106 valence electrons. The predicted molar refractivity (Wildman–Crippen MR) is 83.0 cm³/mol. The lowest BCUT2D eigenvalue weighted by Gasteiger charge is -2.14. The standard InChI is InChI=1S/C15H14BrClFNO/c1-9(19)7-10-3-2-4-13(18)15(10)20-14-6-5-11(17)8-12(14)16/h2-6,8-9H,7,19H2,1H3. The first-order valence-corrected chi connectivity index (χ1v) is 7.30. The third-order valence-corrected chi connectivity index (χ3v) is 3.55. The molecule has 0 aliphatic heterocycles. The summed E-state index contributed by atoms with van der Waals surface area (Å²) >= 11 is 9.22. The van der Waals surface area contributed by atoms with Gasteiger partial charge in [-0.3, -0.25) is 0 Å². The number of para-hydroxylation sites is 1. The normalized spacial score (nSPS) is 12.2. The van der Waals surface area contributed by atoms with Crippen LogP contribution in [0.25, 0.3) is 0 Å². The van der Waals surface area contributed by atoms with Crippen molar-refractivity contribution in [2.75, 3.05) is 0 Å². The van der Waals surface area contributed by atoms with E-state index in [1.165, 1.54) is 6.07 Å². The van der Waals surface area contributed by atoms with E-state index in [1.54, 1.807) is 24.3 Å². The molecule has 20 heavy (non-hydrogen) atoms. The van der Waals surface area contributed by atoms with E-state index < -0.39 is 5.82 Å². The van der Waals surface area contributed by atoms with Crippen LogP contribution in [0.2, 0.25) is 5.02 Å². The maximum atomic E-state index is 14.0. The van der Waals surface area contributed by atoms with Crippen molar-refractivity contribution >= 4 is 27.5 Å². The van der Waals surface area contributed by atoms with Crippen LogP contribution in [0, 0.1) is 5.82 Å². The Morgan fingerprint density at radius 3 is 2.75 bits per heavy atom. The Kier molecular flexibility index (Phi) is 5.02. The summed E-state index contributed by atoms with van der Waals surface area (Å²) in [4.78, 5) is 0. The topological polar surface area (TPSA) is 35.2 Å². The van der Waals surface area contributed by atoms with Gasteiger partial charge in [0.05, 0.1) is 4.47 Å². The Morgan fingerprint density at radius 1 is 1.35 bits per heavy atom. The van der Waals surface area contributed by atoms with Crippen molar-refractivity contribution in [1.82, 2.24) is 0 Å². The highest BCUT2D eigenvalue weighted by molar-refractivity contribution is 9.10. The molecular weight excluding hydrogens is 345 g/mol. The van der Waals surface area contributed by atoms with Gasteiger partial charge in [-0.15, -0.1) is 0 Å². The first kappa shape index (κ1) is 15.3. The summed E-state index contributed by atoms with van der Waals surface area (Å²) in [6, 6.07) is 9.82. The molecule has 0 radical (unpaired) electrons. The minimum Gasteiger partial charge on any atom is -0.453 e. The smallest absolute Gasteiger partial charge is 0.166 e. The molecule has 0 saturated heterocycles. The van der Waals surface area contributed by atoms with Crippen molar-refractivity contribution in [3.63, 3.8) is 0 Å². The minimum absolute atomic E-state index is 0.0761. The summed E-state index contributed by atoms with van der Waals surface area (Å²) in [7, 11) is 0. The van der Waals surface area contributed by atoms with Crippen LogP contribution in [-0.2, 0) is 6.42 Å². The van der Waals surface area contributed by atoms with Crippen molar-refractivity contribution in [3.05, 3.63) is 57.3 Å². The molecule has 2 N–H and O–H groups in total. The number of nitrogens with two attached hydrogens (primary N) is 1. The van der Waals surface area contributed by atoms with Gasteiger partial charge in [-0.1, -0.05) is 23.7 Å². The maximum Gasteiger partial charge on any atom is 0.166 e. The molecule has 0 amide bonds. The molecule has 0 bridgehead atoms. The molecule has 0 aromatic heterocycles. The zero-order valence-electron chi connectivity index (χ0n) is 10.9. The Morgan fingerprint density at radius 2 is 2.10 bits per heavy atom. The van der Waals surface area contributed by atoms with Crippen LogP contribution in [0.4, 0.5) is 4.39 Å². The van der Waals surface area contributed by atoms with E-state index in [-0.39, 0.29) is 11.8 Å². The highest BCUT2D eigenvalue weighted by atomic mass is 79.9. The van der Waals surface area contributed by atoms with E-state index in [9.17, 15) is 4.39 Å². The number of halogens is 3. The van der Waals surface area contributed by atoms with Gasteiger partial charge in [-0.2, -0.15) is 0 Å². The summed E-state index contributed by atoms with van der Waals surface area (Å²) in [6.45, 7) is 1.87. The van der Waals surface area contributed by atoms with Gasteiger partial charge in [0.2, 0.25) is 0 Å². The first-order valence-electron chi connectivity index (χ1n) is 6.13. The van der Waals surface area contributed by atoms with Crippen LogP contribution in [0.15, 0.2) is 40.9 Å². The van der Waals surface area contributed by atoms with Gasteiger partial charge >= 0.3 is 0 Å². The third kappa shape index (κ3) is 3.72. The van der Waals surface area contributed by atoms with Crippen molar-refractivity contribution in [1.29, 1.82) is 0 Å². The van der Waals surface area contributed by atoms with E-state index in [1.807, 2.05) is 13.0 Å². The third-order valence-electron chi connectivity index (χ3n) is 2.70. The lowest BCUT2D eigenvalue weighted by Crippen LogP contribution is -2.18. The van der Waals surface area contributed by atoms with E-state index in [4.69, 9.17) is 22.1 Å². The maximum absolute atomic E-state index is 14.0. The van der Waals surface area contributed by atoms with Gasteiger partial charge < -0.3 is 10.5 Å². The van der Waals surface area contributed by atoms with E-state index in [0.29, 0.717) is 21.7 Å². The Labute approximate surface area is 130 Å². The second kappa shape index (κ2) is 6.57. The number of ether oxygens (including phenoxy) is 1. The minimum atomic E-state index is -0.412. The van der Waals surface area contributed by atoms with Gasteiger partial charge in [0.25, 0.3) is 0 Å². The second-order valence-corrected chi connectivity index (χ2v) is 5.88. The first-order chi connectivity index (χ1) is 9.47. The van der Waals surface area contributed by atoms with E-state index >= 15 is 0 Å². The molecule has 0 fully saturated rings. The Hall–Kier alpha value is -1.10. The van der Waals surface area contributed by atoms with Crippen LogP contribution in [-0.4, -0.2) is 6.04 Å². The predicted octanol–water partition coefficient (Wildman–Crippen LogP) is 4.92. The van der Waals surface area contributed by atoms with Crippen molar-refractivity contribution in [3.8, 4) is 11.5 Å². The molecule has 2 aromatic rings. The largest absolute Gasteiger partial charge is 0.453 e. The molecule has 2 rings (SSSR count). The average molecular weight is 359 g/mol. The van der Waals surface area contributed by atoms with Crippen molar-refractivity contribution in [2.45, 2.75) is 19.4 Å². The molecule has 0 spiro atoms. The highest BCUT2D eigenvalue weighted by Gasteiger charge is 2.14. The molecule has 0 aliphatic rings. The summed E-state index contributed by atoms with van der Waals surface area (Å²) in [5.41, 5.74) is 6.52. The SMILES string of the molecule is CC(N)Cc1cccc(F)c1Oc1ccc(Cl)cc1Br. The fraction of sp³-hybridized carbons (Fsp3) is 0.200. The fourth-order valence-corrected chi connectivity index (χ4v) is 2.61. The van der Waals surface area contributed by atoms with E-state index in [0.717, 1.165) is 5.56 Å². The van der Waals surface area contributed by atoms with Crippen LogP contribution in [0.3, 0.4) is 0 Å². The van der Waals surface area contributed by atoms with Crippen LogP contribution >= 0.6 is 27.5 Å². The fourth-order valence-electron chi connectivity index (χ4n) is 1.84. The van der Waals surface area contributed by atoms with Crippen molar-refractivity contribution < 1.29 is 9.13 Å². The van der Waals surface area contributed by atoms with Gasteiger partial charge in [0.1, 0.15) is 5.75 Å². The molecular formula is C15H14BrClFNO. The molecule has 0 heterocycles. The summed E-state index contributed by atoms with van der Waals surface area (Å²) < 4.78 is 20.3. The summed E-state index contributed by atoms with van der Waals surface area (Å²) in [5, 5.41) is 0.577. The molecule has 1 unspecified atom stereocenters. The molecule has 0 aliphatic carbocycles. The van der Waals surface area contributed by atoms with E-state index in [2.05, 4.69) is 15.9 Å². The highest BCUT2D eigenvalue weighted by Crippen LogP contribution is 2.35. The summed E-state index contributed by atoms with van der Waals surface area (Å²) in [6.07, 6.45) is 0.540. The number of rotatable bonds is 4. The van der Waals surface area contributed by atoms with Crippen molar-refractivity contribution in [2.24, 2.45) is 5.73 Å². The Bertz CT molecular complexity index is 619. The van der Waals surface area contributed by atoms with Gasteiger partial charge in [-0.25, -0.2) is 4.39 Å². The second-order valence-electron chi connectivity index (χ2n) is 4.59. The lowest BCUT2D eigenvalue weighted by atomic mass is 10.1. The molecule has 1 atom stereocenters. The van der Waals surface area contributed by atoms with Crippen LogP contribution < -0.4 is 10.5 Å². The monoisotopic (exact) mass is 357 g/mol. The lowest BCUT2D eigenvalue weighted by molar-refractivity contribution is 0.432. The summed E-state index contributed by atoms with van der Waals surface area (Å²) in [5.74, 6) is 0.295.